The number of pyridine rings is 1. The van der Waals surface area contributed by atoms with E-state index in [1.165, 1.54) is 12.1 Å². The minimum Gasteiger partial charge on any atom is -0.499 e. The first-order valence-corrected chi connectivity index (χ1v) is 6.41. The van der Waals surface area contributed by atoms with Gasteiger partial charge in [0.05, 0.1) is 6.57 Å². The Morgan fingerprint density at radius 3 is 2.62 bits per heavy atom. The van der Waals surface area contributed by atoms with Crippen LogP contribution in [-0.4, -0.2) is 18.0 Å². The van der Waals surface area contributed by atoms with E-state index in [0.29, 0.717) is 16.5 Å². The van der Waals surface area contributed by atoms with Crippen LogP contribution in [0.25, 0.3) is 15.7 Å². The van der Waals surface area contributed by atoms with Crippen molar-refractivity contribution in [1.82, 2.24) is 4.98 Å². The largest absolute Gasteiger partial charge is 0.499 e. The average molecular weight is 292 g/mol. The molecule has 2 aromatic rings. The van der Waals surface area contributed by atoms with Gasteiger partial charge in [-0.2, -0.15) is 0 Å². The van der Waals surface area contributed by atoms with Gasteiger partial charge < -0.3 is 9.72 Å². The summed E-state index contributed by atoms with van der Waals surface area (Å²) >= 11 is 0. The molecule has 0 amide bonds. The van der Waals surface area contributed by atoms with E-state index in [1.807, 2.05) is 13.8 Å². The van der Waals surface area contributed by atoms with Crippen molar-refractivity contribution < 1.29 is 13.5 Å². The number of aromatic amines is 1. The molecular weight excluding hydrogens is 278 g/mol. The summed E-state index contributed by atoms with van der Waals surface area (Å²) in [6.07, 6.45) is -2.62. The predicted octanol–water partition coefficient (Wildman–Crippen LogP) is 3.85. The van der Waals surface area contributed by atoms with Gasteiger partial charge in [0.2, 0.25) is 5.69 Å². The van der Waals surface area contributed by atoms with Gasteiger partial charge in [-0.3, -0.25) is 4.79 Å². The van der Waals surface area contributed by atoms with Gasteiger partial charge in [-0.05, 0) is 29.5 Å². The molecule has 0 saturated carbocycles. The molecule has 4 nitrogen and oxygen atoms in total. The van der Waals surface area contributed by atoms with Crippen molar-refractivity contribution in [3.63, 3.8) is 0 Å². The Balaban J connectivity index is 2.57. The normalized spacial score (nSPS) is 11.1. The number of rotatable bonds is 4. The number of H-pyrrole nitrogens is 1. The van der Waals surface area contributed by atoms with Crippen LogP contribution in [-0.2, 0) is 0 Å². The number of aromatic nitrogens is 1. The molecule has 1 heterocycles. The van der Waals surface area contributed by atoms with Gasteiger partial charge in [-0.25, -0.2) is 13.6 Å². The van der Waals surface area contributed by atoms with Crippen molar-refractivity contribution in [3.8, 4) is 5.75 Å². The van der Waals surface area contributed by atoms with Crippen molar-refractivity contribution in [2.75, 3.05) is 6.61 Å². The highest BCUT2D eigenvalue weighted by Crippen LogP contribution is 2.32. The van der Waals surface area contributed by atoms with Crippen molar-refractivity contribution in [1.29, 1.82) is 0 Å². The number of benzene rings is 1. The lowest BCUT2D eigenvalue weighted by atomic mass is 10.0. The molecule has 0 aliphatic carbocycles. The Morgan fingerprint density at radius 1 is 1.33 bits per heavy atom. The third-order valence-corrected chi connectivity index (χ3v) is 3.06. The smallest absolute Gasteiger partial charge is 0.271 e. The first-order chi connectivity index (χ1) is 9.92. The molecule has 0 spiro atoms. The van der Waals surface area contributed by atoms with Gasteiger partial charge >= 0.3 is 0 Å². The SMILES string of the molecule is [C-]#[N+]c1cc2cc(C(C)C)c(=O)[nH]c2cc1OCC(F)F. The molecule has 0 bridgehead atoms. The number of hydrogen-bond acceptors (Lipinski definition) is 2. The maximum atomic E-state index is 12.2. The fourth-order valence-corrected chi connectivity index (χ4v) is 2.02. The van der Waals surface area contributed by atoms with Crippen LogP contribution in [0.5, 0.6) is 5.75 Å². The fourth-order valence-electron chi connectivity index (χ4n) is 2.02. The molecular formula is C15H14F2N2O2. The van der Waals surface area contributed by atoms with E-state index >= 15 is 0 Å². The highest BCUT2D eigenvalue weighted by molar-refractivity contribution is 5.86. The van der Waals surface area contributed by atoms with Crippen LogP contribution in [0.3, 0.4) is 0 Å². The molecule has 6 heteroatoms. The number of hydrogen-bond donors (Lipinski definition) is 1. The standard InChI is InChI=1S/C15H14F2N2O2/c1-8(2)10-4-9-5-12(18-3)13(21-7-14(16)17)6-11(9)19-15(10)20/h4-6,8,14H,7H2,1-2H3,(H,19,20). The van der Waals surface area contributed by atoms with Crippen molar-refractivity contribution in [2.24, 2.45) is 0 Å². The van der Waals surface area contributed by atoms with E-state index in [9.17, 15) is 13.6 Å². The van der Waals surface area contributed by atoms with E-state index in [4.69, 9.17) is 11.3 Å². The zero-order valence-electron chi connectivity index (χ0n) is 11.6. The van der Waals surface area contributed by atoms with Crippen LogP contribution in [0.15, 0.2) is 23.0 Å². The number of alkyl halides is 2. The summed E-state index contributed by atoms with van der Waals surface area (Å²) in [5.74, 6) is 0.0926. The second-order valence-corrected chi connectivity index (χ2v) is 4.93. The summed E-state index contributed by atoms with van der Waals surface area (Å²) in [4.78, 5) is 17.9. The highest BCUT2D eigenvalue weighted by Gasteiger charge is 2.12. The second-order valence-electron chi connectivity index (χ2n) is 4.93. The number of ether oxygens (including phenoxy) is 1. The molecule has 2 rings (SSSR count). The molecule has 110 valence electrons. The lowest BCUT2D eigenvalue weighted by molar-refractivity contribution is 0.0824. The molecule has 0 saturated heterocycles. The maximum absolute atomic E-state index is 12.2. The van der Waals surface area contributed by atoms with E-state index in [-0.39, 0.29) is 22.9 Å². The first-order valence-electron chi connectivity index (χ1n) is 6.41. The lowest BCUT2D eigenvalue weighted by Gasteiger charge is -2.11. The monoisotopic (exact) mass is 292 g/mol. The summed E-state index contributed by atoms with van der Waals surface area (Å²) in [6.45, 7) is 10.1. The van der Waals surface area contributed by atoms with Crippen LogP contribution >= 0.6 is 0 Å². The molecule has 0 fully saturated rings. The zero-order chi connectivity index (χ0) is 15.6. The van der Waals surface area contributed by atoms with Crippen molar-refractivity contribution in [2.45, 2.75) is 26.2 Å². The predicted molar refractivity (Wildman–Crippen MR) is 76.4 cm³/mol. The molecule has 1 N–H and O–H groups in total. The van der Waals surface area contributed by atoms with Gasteiger partial charge in [-0.15, -0.1) is 0 Å². The Bertz CT molecular complexity index is 761. The van der Waals surface area contributed by atoms with Crippen LogP contribution < -0.4 is 10.3 Å². The summed E-state index contributed by atoms with van der Waals surface area (Å²) in [5, 5.41) is 0.675. The van der Waals surface area contributed by atoms with Crippen LogP contribution in [0.4, 0.5) is 14.5 Å². The molecule has 0 aliphatic heterocycles. The summed E-state index contributed by atoms with van der Waals surface area (Å²) in [7, 11) is 0. The highest BCUT2D eigenvalue weighted by atomic mass is 19.3. The van der Waals surface area contributed by atoms with Gasteiger partial charge in [0.1, 0.15) is 12.4 Å². The lowest BCUT2D eigenvalue weighted by Crippen LogP contribution is -2.13. The van der Waals surface area contributed by atoms with Crippen LogP contribution in [0.1, 0.15) is 25.3 Å². The fraction of sp³-hybridized carbons (Fsp3) is 0.333. The Morgan fingerprint density at radius 2 is 2.05 bits per heavy atom. The number of fused-ring (bicyclic) bond motifs is 1. The van der Waals surface area contributed by atoms with E-state index in [0.717, 1.165) is 0 Å². The minimum atomic E-state index is -2.62. The van der Waals surface area contributed by atoms with E-state index in [1.54, 1.807) is 6.07 Å². The van der Waals surface area contributed by atoms with Gasteiger partial charge in [0.15, 0.2) is 0 Å². The third-order valence-electron chi connectivity index (χ3n) is 3.06. The van der Waals surface area contributed by atoms with Crippen LogP contribution in [0.2, 0.25) is 0 Å². The third kappa shape index (κ3) is 3.19. The topological polar surface area (TPSA) is 46.5 Å². The van der Waals surface area contributed by atoms with Gasteiger partial charge in [0.25, 0.3) is 12.0 Å². The van der Waals surface area contributed by atoms with Gasteiger partial charge in [-0.1, -0.05) is 13.8 Å². The van der Waals surface area contributed by atoms with Crippen molar-refractivity contribution >= 4 is 16.6 Å². The Kier molecular flexibility index (Phi) is 4.22. The van der Waals surface area contributed by atoms with Gasteiger partial charge in [0, 0.05) is 11.1 Å². The number of nitrogens with zero attached hydrogens (tertiary/aromatic N) is 1. The maximum Gasteiger partial charge on any atom is 0.271 e. The van der Waals surface area contributed by atoms with E-state index < -0.39 is 13.0 Å². The summed E-state index contributed by atoms with van der Waals surface area (Å²) in [6, 6.07) is 4.66. The molecule has 1 aromatic carbocycles. The Labute approximate surface area is 120 Å². The van der Waals surface area contributed by atoms with E-state index in [2.05, 4.69) is 9.83 Å². The summed E-state index contributed by atoms with van der Waals surface area (Å²) in [5.41, 5.74) is 0.985. The quantitative estimate of drug-likeness (QED) is 0.870. The molecule has 0 aliphatic rings. The minimum absolute atomic E-state index is 0.0456. The average Bonchev–Trinajstić information content (AvgIpc) is 2.43. The molecule has 1 aromatic heterocycles. The number of nitrogens with one attached hydrogen (secondary N) is 1. The summed E-state index contributed by atoms with van der Waals surface area (Å²) < 4.78 is 29.4. The molecule has 0 radical (unpaired) electrons. The molecule has 0 atom stereocenters. The number of halogens is 2. The van der Waals surface area contributed by atoms with Crippen LogP contribution in [0, 0.1) is 6.57 Å². The van der Waals surface area contributed by atoms with Crippen molar-refractivity contribution in [3.05, 3.63) is 45.5 Å². The second kappa shape index (κ2) is 5.92. The molecule has 21 heavy (non-hydrogen) atoms. The Hall–Kier alpha value is -2.42. The molecule has 0 unspecified atom stereocenters. The zero-order valence-corrected chi connectivity index (χ0v) is 11.6. The first kappa shape index (κ1) is 15.0.